The molecule has 0 saturated carbocycles. The second-order valence-corrected chi connectivity index (χ2v) is 3.60. The van der Waals surface area contributed by atoms with Crippen LogP contribution in [0.4, 0.5) is 0 Å². The molecule has 0 bridgehead atoms. The van der Waals surface area contributed by atoms with Gasteiger partial charge in [0.15, 0.2) is 0 Å². The maximum atomic E-state index is 9.77. The molecule has 1 rings (SSSR count). The Bertz CT molecular complexity index is 149. The van der Waals surface area contributed by atoms with E-state index in [0.29, 0.717) is 0 Å². The smallest absolute Gasteiger partial charge is 0.109 e. The molecule has 0 spiro atoms. The molecular formula is C9H18O3. The molecule has 3 nitrogen and oxygen atoms in total. The van der Waals surface area contributed by atoms with Gasteiger partial charge in [-0.3, -0.25) is 0 Å². The summed E-state index contributed by atoms with van der Waals surface area (Å²) in [5.74, 6) is 0.145. The lowest BCUT2D eigenvalue weighted by molar-refractivity contribution is -0.194. The first-order valence-corrected chi connectivity index (χ1v) is 4.44. The van der Waals surface area contributed by atoms with Gasteiger partial charge in [0.05, 0.1) is 18.3 Å². The van der Waals surface area contributed by atoms with E-state index in [0.717, 1.165) is 0 Å². The lowest BCUT2D eigenvalue weighted by Gasteiger charge is -2.40. The summed E-state index contributed by atoms with van der Waals surface area (Å²) < 4.78 is 10.7. The molecule has 0 amide bonds. The number of ether oxygens (including phenoxy) is 2. The summed E-state index contributed by atoms with van der Waals surface area (Å²) in [7, 11) is 1.61. The van der Waals surface area contributed by atoms with Crippen molar-refractivity contribution in [3.05, 3.63) is 0 Å². The van der Waals surface area contributed by atoms with Crippen molar-refractivity contribution in [2.24, 2.45) is 5.92 Å². The molecule has 0 aliphatic carbocycles. The van der Waals surface area contributed by atoms with E-state index in [1.165, 1.54) is 0 Å². The Morgan fingerprint density at radius 2 is 1.75 bits per heavy atom. The SMILES string of the molecule is COC1C(C)OC(C)C(C)C1O. The summed E-state index contributed by atoms with van der Waals surface area (Å²) >= 11 is 0. The van der Waals surface area contributed by atoms with E-state index in [-0.39, 0.29) is 24.2 Å². The van der Waals surface area contributed by atoms with Crippen LogP contribution in [0.5, 0.6) is 0 Å². The number of rotatable bonds is 1. The predicted octanol–water partition coefficient (Wildman–Crippen LogP) is 0.806. The van der Waals surface area contributed by atoms with Gasteiger partial charge in [-0.15, -0.1) is 0 Å². The van der Waals surface area contributed by atoms with Gasteiger partial charge in [0.25, 0.3) is 0 Å². The topological polar surface area (TPSA) is 38.7 Å². The molecule has 0 aromatic heterocycles. The Balaban J connectivity index is 2.65. The number of aliphatic hydroxyl groups is 1. The molecule has 0 aromatic rings. The fourth-order valence-electron chi connectivity index (χ4n) is 1.73. The molecule has 5 atom stereocenters. The van der Waals surface area contributed by atoms with Crippen molar-refractivity contribution in [2.45, 2.75) is 45.2 Å². The maximum Gasteiger partial charge on any atom is 0.109 e. The van der Waals surface area contributed by atoms with Crippen LogP contribution >= 0.6 is 0 Å². The van der Waals surface area contributed by atoms with Crippen molar-refractivity contribution < 1.29 is 14.6 Å². The molecule has 1 heterocycles. The second-order valence-electron chi connectivity index (χ2n) is 3.60. The molecule has 12 heavy (non-hydrogen) atoms. The van der Waals surface area contributed by atoms with E-state index in [9.17, 15) is 5.11 Å². The molecule has 1 fully saturated rings. The van der Waals surface area contributed by atoms with Crippen molar-refractivity contribution in [3.63, 3.8) is 0 Å². The molecule has 0 radical (unpaired) electrons. The van der Waals surface area contributed by atoms with Crippen molar-refractivity contribution in [1.82, 2.24) is 0 Å². The standard InChI is InChI=1S/C9H18O3/c1-5-6(2)12-7(3)9(11-4)8(5)10/h5-10H,1-4H3. The zero-order valence-corrected chi connectivity index (χ0v) is 8.15. The van der Waals surface area contributed by atoms with E-state index < -0.39 is 6.10 Å². The first kappa shape index (κ1) is 9.96. The Labute approximate surface area is 73.7 Å². The summed E-state index contributed by atoms with van der Waals surface area (Å²) in [6.07, 6.45) is -0.498. The maximum absolute atomic E-state index is 9.77. The number of methoxy groups -OCH3 is 1. The van der Waals surface area contributed by atoms with Crippen molar-refractivity contribution in [1.29, 1.82) is 0 Å². The third-order valence-electron chi connectivity index (χ3n) is 2.78. The van der Waals surface area contributed by atoms with Crippen molar-refractivity contribution in [2.75, 3.05) is 7.11 Å². The molecule has 1 saturated heterocycles. The lowest BCUT2D eigenvalue weighted by Crippen LogP contribution is -2.52. The second kappa shape index (κ2) is 3.73. The Hall–Kier alpha value is -0.120. The summed E-state index contributed by atoms with van der Waals surface area (Å²) in [6, 6.07) is 0. The third-order valence-corrected chi connectivity index (χ3v) is 2.78. The normalized spacial score (nSPS) is 49.2. The highest BCUT2D eigenvalue weighted by atomic mass is 16.6. The Morgan fingerprint density at radius 1 is 1.17 bits per heavy atom. The monoisotopic (exact) mass is 174 g/mol. The van der Waals surface area contributed by atoms with Gasteiger partial charge in [-0.1, -0.05) is 6.92 Å². The summed E-state index contributed by atoms with van der Waals surface area (Å²) in [6.45, 7) is 5.89. The van der Waals surface area contributed by atoms with Crippen molar-refractivity contribution >= 4 is 0 Å². The zero-order chi connectivity index (χ0) is 9.30. The predicted molar refractivity (Wildman–Crippen MR) is 46.0 cm³/mol. The van der Waals surface area contributed by atoms with Gasteiger partial charge < -0.3 is 14.6 Å². The van der Waals surface area contributed by atoms with E-state index in [1.54, 1.807) is 7.11 Å². The highest BCUT2D eigenvalue weighted by molar-refractivity contribution is 4.87. The first-order valence-electron chi connectivity index (χ1n) is 4.44. The van der Waals surface area contributed by atoms with Gasteiger partial charge in [-0.25, -0.2) is 0 Å². The van der Waals surface area contributed by atoms with E-state index in [1.807, 2.05) is 20.8 Å². The summed E-state index contributed by atoms with van der Waals surface area (Å²) in [4.78, 5) is 0. The lowest BCUT2D eigenvalue weighted by atomic mass is 9.89. The zero-order valence-electron chi connectivity index (χ0n) is 8.15. The summed E-state index contributed by atoms with van der Waals surface area (Å²) in [5, 5.41) is 9.77. The molecule has 1 aliphatic rings. The molecule has 0 aromatic carbocycles. The minimum atomic E-state index is -0.409. The minimum Gasteiger partial charge on any atom is -0.390 e. The number of hydrogen-bond donors (Lipinski definition) is 1. The van der Waals surface area contributed by atoms with E-state index in [4.69, 9.17) is 9.47 Å². The summed E-state index contributed by atoms with van der Waals surface area (Å²) in [5.41, 5.74) is 0. The molecule has 3 heteroatoms. The minimum absolute atomic E-state index is 0.0174. The van der Waals surface area contributed by atoms with Gasteiger partial charge in [-0.05, 0) is 13.8 Å². The van der Waals surface area contributed by atoms with Crippen molar-refractivity contribution in [3.8, 4) is 0 Å². The molecular weight excluding hydrogens is 156 g/mol. The highest BCUT2D eigenvalue weighted by Gasteiger charge is 2.38. The first-order chi connectivity index (χ1) is 5.57. The third kappa shape index (κ3) is 1.63. The molecule has 1 N–H and O–H groups in total. The fourth-order valence-corrected chi connectivity index (χ4v) is 1.73. The van der Waals surface area contributed by atoms with Gasteiger partial charge in [-0.2, -0.15) is 0 Å². The molecule has 72 valence electrons. The van der Waals surface area contributed by atoms with Crippen LogP contribution < -0.4 is 0 Å². The van der Waals surface area contributed by atoms with Crippen LogP contribution in [0, 0.1) is 5.92 Å². The van der Waals surface area contributed by atoms with Crippen LogP contribution in [-0.2, 0) is 9.47 Å². The molecule has 1 aliphatic heterocycles. The van der Waals surface area contributed by atoms with Gasteiger partial charge in [0.2, 0.25) is 0 Å². The van der Waals surface area contributed by atoms with Gasteiger partial charge >= 0.3 is 0 Å². The Morgan fingerprint density at radius 3 is 2.25 bits per heavy atom. The van der Waals surface area contributed by atoms with Gasteiger partial charge in [0, 0.05) is 13.0 Å². The van der Waals surface area contributed by atoms with E-state index in [2.05, 4.69) is 0 Å². The number of hydrogen-bond acceptors (Lipinski definition) is 3. The van der Waals surface area contributed by atoms with E-state index >= 15 is 0 Å². The molecule has 5 unspecified atom stereocenters. The quantitative estimate of drug-likeness (QED) is 0.639. The van der Waals surface area contributed by atoms with Crippen LogP contribution in [-0.4, -0.2) is 36.6 Å². The van der Waals surface area contributed by atoms with Crippen LogP contribution in [0.3, 0.4) is 0 Å². The number of aliphatic hydroxyl groups excluding tert-OH is 1. The van der Waals surface area contributed by atoms with Crippen LogP contribution in [0.15, 0.2) is 0 Å². The average molecular weight is 174 g/mol. The van der Waals surface area contributed by atoms with Crippen LogP contribution in [0.1, 0.15) is 20.8 Å². The van der Waals surface area contributed by atoms with Gasteiger partial charge in [0.1, 0.15) is 6.10 Å². The Kier molecular flexibility index (Phi) is 3.09. The highest BCUT2D eigenvalue weighted by Crippen LogP contribution is 2.26. The van der Waals surface area contributed by atoms with Crippen LogP contribution in [0.25, 0.3) is 0 Å². The average Bonchev–Trinajstić information content (AvgIpc) is 2.01. The van der Waals surface area contributed by atoms with Crippen LogP contribution in [0.2, 0.25) is 0 Å². The largest absolute Gasteiger partial charge is 0.390 e. The fraction of sp³-hybridized carbons (Fsp3) is 1.00.